The summed E-state index contributed by atoms with van der Waals surface area (Å²) in [5, 5.41) is 3.37. The highest BCUT2D eigenvalue weighted by molar-refractivity contribution is 7.07. The zero-order valence-corrected chi connectivity index (χ0v) is 6.03. The van der Waals surface area contributed by atoms with Gasteiger partial charge in [-0.1, -0.05) is 0 Å². The van der Waals surface area contributed by atoms with E-state index in [1.54, 1.807) is 14.2 Å². The Hall–Kier alpha value is -0.840. The smallest absolute Gasteiger partial charge is 0.294 e. The SMILES string of the molecule is CNc1nsc(OC)n1. The molecule has 0 aliphatic heterocycles. The fourth-order valence-corrected chi connectivity index (χ4v) is 0.893. The summed E-state index contributed by atoms with van der Waals surface area (Å²) in [6.07, 6.45) is 0. The van der Waals surface area contributed by atoms with Crippen LogP contribution in [0.25, 0.3) is 0 Å². The van der Waals surface area contributed by atoms with Crippen molar-refractivity contribution < 1.29 is 4.74 Å². The first-order valence-corrected chi connectivity index (χ1v) is 3.19. The summed E-state index contributed by atoms with van der Waals surface area (Å²) in [7, 11) is 3.33. The van der Waals surface area contributed by atoms with E-state index in [1.165, 1.54) is 11.5 Å². The Morgan fingerprint density at radius 2 is 2.44 bits per heavy atom. The highest BCUT2D eigenvalue weighted by Gasteiger charge is 1.98. The Bertz CT molecular complexity index is 169. The summed E-state index contributed by atoms with van der Waals surface area (Å²) in [6, 6.07) is 0. The molecule has 9 heavy (non-hydrogen) atoms. The van der Waals surface area contributed by atoms with Crippen molar-refractivity contribution in [3.05, 3.63) is 0 Å². The van der Waals surface area contributed by atoms with Crippen LogP contribution >= 0.6 is 11.5 Å². The standard InChI is InChI=1S/C4H7N3OS/c1-5-3-6-4(8-2)9-7-3/h1-2H3,(H,5,7). The third-order valence-electron chi connectivity index (χ3n) is 0.806. The van der Waals surface area contributed by atoms with Crippen LogP contribution in [0, 0.1) is 0 Å². The van der Waals surface area contributed by atoms with Crippen LogP contribution in [0.3, 0.4) is 0 Å². The first kappa shape index (κ1) is 6.28. The predicted octanol–water partition coefficient (Wildman–Crippen LogP) is 0.588. The van der Waals surface area contributed by atoms with Crippen molar-refractivity contribution in [2.75, 3.05) is 19.5 Å². The van der Waals surface area contributed by atoms with E-state index in [9.17, 15) is 0 Å². The molecule has 1 heterocycles. The predicted molar refractivity (Wildman–Crippen MR) is 36.0 cm³/mol. The quantitative estimate of drug-likeness (QED) is 0.661. The molecule has 0 bridgehead atoms. The molecule has 4 nitrogen and oxygen atoms in total. The van der Waals surface area contributed by atoms with Crippen LogP contribution in [0.4, 0.5) is 5.95 Å². The van der Waals surface area contributed by atoms with Crippen molar-refractivity contribution in [1.29, 1.82) is 0 Å². The van der Waals surface area contributed by atoms with Gasteiger partial charge < -0.3 is 10.1 Å². The molecule has 0 unspecified atom stereocenters. The number of methoxy groups -OCH3 is 1. The van der Waals surface area contributed by atoms with Crippen LogP contribution in [-0.2, 0) is 0 Å². The third kappa shape index (κ3) is 1.29. The summed E-state index contributed by atoms with van der Waals surface area (Å²) in [5.41, 5.74) is 0. The second-order valence-corrected chi connectivity index (χ2v) is 2.05. The highest BCUT2D eigenvalue weighted by Crippen LogP contribution is 2.14. The maximum Gasteiger partial charge on any atom is 0.294 e. The molecule has 0 aromatic carbocycles. The zero-order valence-electron chi connectivity index (χ0n) is 5.21. The van der Waals surface area contributed by atoms with Crippen molar-refractivity contribution in [3.8, 4) is 5.19 Å². The molecule has 0 saturated heterocycles. The van der Waals surface area contributed by atoms with E-state index in [0.29, 0.717) is 11.1 Å². The number of ether oxygens (including phenoxy) is 1. The molecule has 0 aliphatic carbocycles. The lowest BCUT2D eigenvalue weighted by Gasteiger charge is -1.86. The maximum absolute atomic E-state index is 4.80. The third-order valence-corrected chi connectivity index (χ3v) is 1.48. The molecule has 0 atom stereocenters. The zero-order chi connectivity index (χ0) is 6.69. The average Bonchev–Trinajstić information content (AvgIpc) is 2.34. The topological polar surface area (TPSA) is 47.0 Å². The van der Waals surface area contributed by atoms with Crippen molar-refractivity contribution >= 4 is 17.5 Å². The fraction of sp³-hybridized carbons (Fsp3) is 0.500. The monoisotopic (exact) mass is 145 g/mol. The molecule has 0 amide bonds. The van der Waals surface area contributed by atoms with Gasteiger partial charge in [-0.15, -0.1) is 0 Å². The van der Waals surface area contributed by atoms with Crippen LogP contribution in [-0.4, -0.2) is 23.5 Å². The molecule has 0 saturated carbocycles. The molecular weight excluding hydrogens is 138 g/mol. The van der Waals surface area contributed by atoms with E-state index >= 15 is 0 Å². The maximum atomic E-state index is 4.80. The Morgan fingerprint density at radius 3 is 2.78 bits per heavy atom. The number of hydrogen-bond acceptors (Lipinski definition) is 5. The second kappa shape index (κ2) is 2.63. The minimum atomic E-state index is 0.583. The Balaban J connectivity index is 2.74. The molecule has 1 aromatic rings. The first-order valence-electron chi connectivity index (χ1n) is 2.42. The lowest BCUT2D eigenvalue weighted by Crippen LogP contribution is -1.89. The molecule has 0 aliphatic rings. The van der Waals surface area contributed by atoms with Gasteiger partial charge in [0, 0.05) is 18.6 Å². The lowest BCUT2D eigenvalue weighted by molar-refractivity contribution is 0.412. The average molecular weight is 145 g/mol. The lowest BCUT2D eigenvalue weighted by atomic mass is 11.0. The van der Waals surface area contributed by atoms with Gasteiger partial charge in [0.1, 0.15) is 0 Å². The van der Waals surface area contributed by atoms with Gasteiger partial charge in [0.05, 0.1) is 7.11 Å². The van der Waals surface area contributed by atoms with Crippen molar-refractivity contribution in [1.82, 2.24) is 9.36 Å². The van der Waals surface area contributed by atoms with Gasteiger partial charge in [0.25, 0.3) is 5.19 Å². The molecule has 0 fully saturated rings. The van der Waals surface area contributed by atoms with Crippen LogP contribution in [0.15, 0.2) is 0 Å². The summed E-state index contributed by atoms with van der Waals surface area (Å²) in [4.78, 5) is 3.92. The van der Waals surface area contributed by atoms with Gasteiger partial charge in [0.15, 0.2) is 0 Å². The number of nitrogens with zero attached hydrogens (tertiary/aromatic N) is 2. The van der Waals surface area contributed by atoms with E-state index in [2.05, 4.69) is 14.7 Å². The number of nitrogens with one attached hydrogen (secondary N) is 1. The molecule has 50 valence electrons. The van der Waals surface area contributed by atoms with Gasteiger partial charge in [-0.3, -0.25) is 0 Å². The van der Waals surface area contributed by atoms with Crippen LogP contribution in [0.1, 0.15) is 0 Å². The molecule has 1 aromatic heterocycles. The minimum Gasteiger partial charge on any atom is -0.472 e. The summed E-state index contributed by atoms with van der Waals surface area (Å²) in [6.45, 7) is 0. The van der Waals surface area contributed by atoms with Gasteiger partial charge in [-0.05, 0) is 0 Å². The van der Waals surface area contributed by atoms with Crippen LogP contribution < -0.4 is 10.1 Å². The normalized spacial score (nSPS) is 9.11. The van der Waals surface area contributed by atoms with Crippen LogP contribution in [0.5, 0.6) is 5.19 Å². The van der Waals surface area contributed by atoms with Gasteiger partial charge >= 0.3 is 0 Å². The molecular formula is C4H7N3OS. The largest absolute Gasteiger partial charge is 0.472 e. The number of hydrogen-bond donors (Lipinski definition) is 1. The van der Waals surface area contributed by atoms with Gasteiger partial charge in [0.2, 0.25) is 5.95 Å². The van der Waals surface area contributed by atoms with E-state index in [0.717, 1.165) is 0 Å². The molecule has 1 N–H and O–H groups in total. The molecule has 0 spiro atoms. The van der Waals surface area contributed by atoms with Crippen LogP contribution in [0.2, 0.25) is 0 Å². The van der Waals surface area contributed by atoms with E-state index in [1.807, 2.05) is 0 Å². The summed E-state index contributed by atoms with van der Waals surface area (Å²) in [5.74, 6) is 0.608. The molecule has 0 radical (unpaired) electrons. The Labute approximate surface area is 57.0 Å². The Kier molecular flexibility index (Phi) is 1.84. The summed E-state index contributed by atoms with van der Waals surface area (Å²) >= 11 is 1.23. The second-order valence-electron chi connectivity index (χ2n) is 1.34. The van der Waals surface area contributed by atoms with Gasteiger partial charge in [-0.2, -0.15) is 9.36 Å². The van der Waals surface area contributed by atoms with E-state index < -0.39 is 0 Å². The van der Waals surface area contributed by atoms with Gasteiger partial charge in [-0.25, -0.2) is 0 Å². The van der Waals surface area contributed by atoms with Crippen molar-refractivity contribution in [3.63, 3.8) is 0 Å². The Morgan fingerprint density at radius 1 is 1.67 bits per heavy atom. The number of aromatic nitrogens is 2. The fourth-order valence-electron chi connectivity index (χ4n) is 0.394. The molecule has 5 heteroatoms. The first-order chi connectivity index (χ1) is 4.36. The number of rotatable bonds is 2. The van der Waals surface area contributed by atoms with Crippen molar-refractivity contribution in [2.24, 2.45) is 0 Å². The minimum absolute atomic E-state index is 0.583. The van der Waals surface area contributed by atoms with Crippen molar-refractivity contribution in [2.45, 2.75) is 0 Å². The van der Waals surface area contributed by atoms with E-state index in [-0.39, 0.29) is 0 Å². The number of anilines is 1. The van der Waals surface area contributed by atoms with E-state index in [4.69, 9.17) is 4.74 Å². The highest BCUT2D eigenvalue weighted by atomic mass is 32.1. The molecule has 1 rings (SSSR count). The summed E-state index contributed by atoms with van der Waals surface area (Å²) < 4.78 is 8.70.